The third-order valence-electron chi connectivity index (χ3n) is 8.57. The lowest BCUT2D eigenvalue weighted by atomic mass is 9.98. The second-order valence-electron chi connectivity index (χ2n) is 14.4. The third-order valence-corrected chi connectivity index (χ3v) is 11.9. The lowest BCUT2D eigenvalue weighted by molar-refractivity contribution is -0.150. The number of hydrogen-bond acceptors (Lipinski definition) is 16. The molecule has 1 aliphatic heterocycles. The van der Waals surface area contributed by atoms with Gasteiger partial charge in [-0.2, -0.15) is 15.2 Å². The zero-order valence-corrected chi connectivity index (χ0v) is 36.2. The molecule has 1 unspecified atom stereocenters. The fourth-order valence-electron chi connectivity index (χ4n) is 5.90. The van der Waals surface area contributed by atoms with Gasteiger partial charge in [-0.25, -0.2) is 23.5 Å². The zero-order valence-electron chi connectivity index (χ0n) is 34.4. The zero-order chi connectivity index (χ0) is 43.8. The van der Waals surface area contributed by atoms with E-state index in [1.54, 1.807) is 77.2 Å². The monoisotopic (exact) mass is 876 g/mol. The molecule has 1 aliphatic rings. The number of nitrogens with zero attached hydrogens (tertiary/aromatic N) is 4. The first kappa shape index (κ1) is 46.1. The number of nitrogen functional groups attached to an aromatic ring is 1. The first-order valence-corrected chi connectivity index (χ1v) is 22.1. The number of benzene rings is 2. The summed E-state index contributed by atoms with van der Waals surface area (Å²) in [6, 6.07) is 14.9. The van der Waals surface area contributed by atoms with Crippen LogP contribution >= 0.6 is 15.5 Å². The van der Waals surface area contributed by atoms with Gasteiger partial charge in [0.1, 0.15) is 41.6 Å². The van der Waals surface area contributed by atoms with Crippen LogP contribution in [0.3, 0.4) is 0 Å². The maximum atomic E-state index is 17.9. The van der Waals surface area contributed by atoms with Crippen molar-refractivity contribution in [2.45, 2.75) is 96.9 Å². The number of nitrogens with one attached hydrogen (secondary N) is 3. The first-order valence-electron chi connectivity index (χ1n) is 19.0. The molecule has 0 amide bonds. The van der Waals surface area contributed by atoms with Crippen LogP contribution in [-0.4, -0.2) is 87.3 Å². The number of carbonyl (C=O) groups excluding carboxylic acids is 2. The minimum Gasteiger partial charge on any atom is -0.462 e. The van der Waals surface area contributed by atoms with E-state index in [1.807, 2.05) is 0 Å². The molecule has 2 aromatic carbocycles. The van der Waals surface area contributed by atoms with Gasteiger partial charge in [-0.05, 0) is 72.7 Å². The van der Waals surface area contributed by atoms with E-state index in [1.165, 1.54) is 55.2 Å². The molecule has 19 nitrogen and oxygen atoms in total. The van der Waals surface area contributed by atoms with Gasteiger partial charge in [0, 0.05) is 13.1 Å². The van der Waals surface area contributed by atoms with E-state index in [2.05, 4.69) is 30.4 Å². The number of hydrogen-bond donors (Lipinski definition) is 4. The molecular weight excluding hydrogens is 825 g/mol. The molecule has 0 saturated carbocycles. The van der Waals surface area contributed by atoms with Gasteiger partial charge in [-0.3, -0.25) is 23.2 Å². The standard InChI is InChI=1S/C38H51FN8O11P2/c1-23(2)53-34(48)25(5)45-59(50,56-27-15-11-9-12-16-27)52-21-31-33(58-60(51,57-28-17-13-10-14-18-28)46-26(6)35(49)54-24(3)4)38(7,39)36(55-31)47-22-42-20-30(47)29-19-32(41-8)44-37(40)43-29/h9-20,22-26,31,33,36H,21H2,1-8H3,(H,45,50)(H,46,51)(H3,40,41,43,44)/t25-,26-,31+,33-,36+,38?,59-,60+/m0/s1. The highest BCUT2D eigenvalue weighted by Crippen LogP contribution is 2.55. The van der Waals surface area contributed by atoms with Crippen molar-refractivity contribution < 1.29 is 55.4 Å². The molecule has 5 N–H and O–H groups in total. The summed E-state index contributed by atoms with van der Waals surface area (Å²) < 4.78 is 89.4. The number of para-hydroxylation sites is 2. The number of nitrogens with two attached hydrogens (primary N) is 1. The van der Waals surface area contributed by atoms with Gasteiger partial charge in [-0.15, -0.1) is 0 Å². The summed E-state index contributed by atoms with van der Waals surface area (Å²) in [5.41, 5.74) is 3.80. The Bertz CT molecular complexity index is 2170. The highest BCUT2D eigenvalue weighted by atomic mass is 31.2. The van der Waals surface area contributed by atoms with Crippen LogP contribution in [0.15, 0.2) is 79.3 Å². The number of esters is 2. The van der Waals surface area contributed by atoms with Crippen LogP contribution in [0.2, 0.25) is 0 Å². The Balaban J connectivity index is 1.57. The van der Waals surface area contributed by atoms with Gasteiger partial charge in [0.05, 0.1) is 42.7 Å². The van der Waals surface area contributed by atoms with Crippen LogP contribution in [0, 0.1) is 0 Å². The van der Waals surface area contributed by atoms with E-state index in [0.29, 0.717) is 5.82 Å². The molecule has 3 heterocycles. The predicted molar refractivity (Wildman–Crippen MR) is 218 cm³/mol. The molecule has 1 fully saturated rings. The van der Waals surface area contributed by atoms with Crippen LogP contribution in [-0.2, 0) is 42.0 Å². The molecule has 5 rings (SSSR count). The van der Waals surface area contributed by atoms with E-state index in [0.717, 1.165) is 6.92 Å². The molecule has 4 aromatic rings. The highest BCUT2D eigenvalue weighted by molar-refractivity contribution is 7.52. The van der Waals surface area contributed by atoms with Crippen LogP contribution in [0.4, 0.5) is 16.2 Å². The molecule has 2 aromatic heterocycles. The maximum absolute atomic E-state index is 17.9. The number of halogens is 1. The topological polar surface area (TPSA) is 239 Å². The number of rotatable bonds is 20. The maximum Gasteiger partial charge on any atom is 0.459 e. The molecule has 0 bridgehead atoms. The molecule has 0 spiro atoms. The number of carbonyl (C=O) groups is 2. The van der Waals surface area contributed by atoms with Crippen LogP contribution in [0.25, 0.3) is 11.4 Å². The summed E-state index contributed by atoms with van der Waals surface area (Å²) in [4.78, 5) is 38.4. The Hall–Kier alpha value is -4.94. The number of anilines is 2. The van der Waals surface area contributed by atoms with E-state index in [4.69, 9.17) is 38.0 Å². The van der Waals surface area contributed by atoms with Gasteiger partial charge >= 0.3 is 27.4 Å². The summed E-state index contributed by atoms with van der Waals surface area (Å²) in [7, 11) is -7.73. The van der Waals surface area contributed by atoms with Crippen molar-refractivity contribution in [2.75, 3.05) is 24.7 Å². The molecule has 326 valence electrons. The lowest BCUT2D eigenvalue weighted by Gasteiger charge is -2.32. The molecule has 22 heteroatoms. The average molecular weight is 877 g/mol. The molecule has 0 aliphatic carbocycles. The summed E-state index contributed by atoms with van der Waals surface area (Å²) in [5, 5.41) is 8.04. The second-order valence-corrected chi connectivity index (χ2v) is 17.7. The van der Waals surface area contributed by atoms with Crippen LogP contribution < -0.4 is 30.3 Å². The Morgan fingerprint density at radius 2 is 1.42 bits per heavy atom. The van der Waals surface area contributed by atoms with Crippen molar-refractivity contribution in [3.05, 3.63) is 79.3 Å². The fourth-order valence-corrected chi connectivity index (χ4v) is 9.18. The molecule has 60 heavy (non-hydrogen) atoms. The van der Waals surface area contributed by atoms with Crippen molar-refractivity contribution in [2.24, 2.45) is 0 Å². The van der Waals surface area contributed by atoms with E-state index >= 15 is 4.39 Å². The van der Waals surface area contributed by atoms with E-state index in [-0.39, 0.29) is 28.8 Å². The Morgan fingerprint density at radius 3 is 1.95 bits per heavy atom. The van der Waals surface area contributed by atoms with Crippen LogP contribution in [0.5, 0.6) is 11.5 Å². The van der Waals surface area contributed by atoms with E-state index < -0.39 is 82.4 Å². The first-order chi connectivity index (χ1) is 28.3. The summed E-state index contributed by atoms with van der Waals surface area (Å²) in [6.07, 6.45) is -3.41. The minimum absolute atomic E-state index is 0.0485. The van der Waals surface area contributed by atoms with Gasteiger partial charge in [0.2, 0.25) is 5.95 Å². The third kappa shape index (κ3) is 11.9. The average Bonchev–Trinajstić information content (AvgIpc) is 3.75. The number of alkyl halides is 1. The van der Waals surface area contributed by atoms with Crippen molar-refractivity contribution in [3.8, 4) is 22.9 Å². The smallest absolute Gasteiger partial charge is 0.459 e. The van der Waals surface area contributed by atoms with Crippen molar-refractivity contribution in [1.82, 2.24) is 29.7 Å². The highest BCUT2D eigenvalue weighted by Gasteiger charge is 2.60. The summed E-state index contributed by atoms with van der Waals surface area (Å²) >= 11 is 0. The molecular formula is C38H51FN8O11P2. The molecule has 0 radical (unpaired) electrons. The Morgan fingerprint density at radius 1 is 0.883 bits per heavy atom. The number of ether oxygens (including phenoxy) is 3. The quantitative estimate of drug-likeness (QED) is 0.0569. The number of aromatic nitrogens is 4. The normalized spacial score (nSPS) is 22.0. The lowest BCUT2D eigenvalue weighted by Crippen LogP contribution is -2.45. The van der Waals surface area contributed by atoms with Gasteiger partial charge in [0.15, 0.2) is 11.9 Å². The second kappa shape index (κ2) is 19.6. The predicted octanol–water partition coefficient (Wildman–Crippen LogP) is 6.23. The Kier molecular flexibility index (Phi) is 15.1. The molecule has 8 atom stereocenters. The summed E-state index contributed by atoms with van der Waals surface area (Å²) in [5.74, 6) is -1.13. The van der Waals surface area contributed by atoms with E-state index in [9.17, 15) is 18.7 Å². The largest absolute Gasteiger partial charge is 0.462 e. The van der Waals surface area contributed by atoms with Gasteiger partial charge in [0.25, 0.3) is 0 Å². The summed E-state index contributed by atoms with van der Waals surface area (Å²) in [6.45, 7) is 9.72. The van der Waals surface area contributed by atoms with Gasteiger partial charge in [-0.1, -0.05) is 36.4 Å². The molecule has 1 saturated heterocycles. The van der Waals surface area contributed by atoms with Crippen LogP contribution in [0.1, 0.15) is 54.7 Å². The SMILES string of the molecule is CNc1cc(-c2cncn2[C@@H]2O[C@H](CO[P@@](=O)(N[C@@H](C)C(=O)OC(C)C)Oc3ccccc3)[C@H](O[P@@](=O)(N[C@@H](C)C(=O)OC(C)C)Oc3ccccc3)C2(C)F)nc(N)n1. The van der Waals surface area contributed by atoms with Crippen molar-refractivity contribution in [1.29, 1.82) is 0 Å². The number of imidazole rings is 1. The Labute approximate surface area is 347 Å². The fraction of sp³-hybridized carbons (Fsp3) is 0.447. The van der Waals surface area contributed by atoms with Crippen molar-refractivity contribution in [3.63, 3.8) is 0 Å². The van der Waals surface area contributed by atoms with Crippen molar-refractivity contribution >= 4 is 39.2 Å². The van der Waals surface area contributed by atoms with Gasteiger partial charge < -0.3 is 34.3 Å². The minimum atomic E-state index is -4.79.